The second-order valence-electron chi connectivity index (χ2n) is 5.54. The molecule has 1 amide bonds. The van der Waals surface area contributed by atoms with Crippen LogP contribution in [0, 0.1) is 12.7 Å². The topological polar surface area (TPSA) is 69.0 Å². The van der Waals surface area contributed by atoms with E-state index >= 15 is 0 Å². The summed E-state index contributed by atoms with van der Waals surface area (Å²) in [5.74, 6) is 0.371. The van der Waals surface area contributed by atoms with Crippen molar-refractivity contribution in [2.75, 3.05) is 0 Å². The van der Waals surface area contributed by atoms with Crippen LogP contribution in [-0.4, -0.2) is 20.7 Å². The van der Waals surface area contributed by atoms with Crippen molar-refractivity contribution in [1.82, 2.24) is 20.1 Å². The Balaban J connectivity index is 1.58. The Morgan fingerprint density at radius 3 is 2.60 bits per heavy atom. The van der Waals surface area contributed by atoms with Gasteiger partial charge in [-0.2, -0.15) is 5.10 Å². The van der Waals surface area contributed by atoms with Crippen LogP contribution < -0.4 is 10.1 Å². The molecule has 128 valence electrons. The van der Waals surface area contributed by atoms with Gasteiger partial charge in [0.2, 0.25) is 5.88 Å². The molecule has 1 aromatic carbocycles. The normalized spacial score (nSPS) is 10.5. The zero-order valence-electron chi connectivity index (χ0n) is 13.9. The molecule has 1 N–H and O–H groups in total. The van der Waals surface area contributed by atoms with Crippen molar-refractivity contribution < 1.29 is 13.9 Å². The third kappa shape index (κ3) is 4.20. The van der Waals surface area contributed by atoms with E-state index in [1.807, 2.05) is 6.92 Å². The van der Waals surface area contributed by atoms with E-state index in [0.717, 1.165) is 11.3 Å². The molecule has 2 aromatic heterocycles. The minimum Gasteiger partial charge on any atom is -0.439 e. The second-order valence-corrected chi connectivity index (χ2v) is 5.54. The van der Waals surface area contributed by atoms with Crippen LogP contribution in [0.25, 0.3) is 0 Å². The van der Waals surface area contributed by atoms with E-state index in [1.54, 1.807) is 36.1 Å². The monoisotopic (exact) mass is 340 g/mol. The molecule has 6 nitrogen and oxygen atoms in total. The summed E-state index contributed by atoms with van der Waals surface area (Å²) in [6, 6.07) is 10.9. The van der Waals surface area contributed by atoms with Crippen LogP contribution in [0.3, 0.4) is 0 Å². The van der Waals surface area contributed by atoms with Crippen molar-refractivity contribution in [3.8, 4) is 11.6 Å². The average Bonchev–Trinajstić information content (AvgIpc) is 2.94. The number of hydrogen-bond donors (Lipinski definition) is 1. The number of nitrogens with zero attached hydrogens (tertiary/aromatic N) is 3. The van der Waals surface area contributed by atoms with Crippen molar-refractivity contribution in [2.45, 2.75) is 13.5 Å². The van der Waals surface area contributed by atoms with E-state index in [0.29, 0.717) is 23.9 Å². The molecule has 25 heavy (non-hydrogen) atoms. The minimum absolute atomic E-state index is 0.199. The van der Waals surface area contributed by atoms with E-state index in [2.05, 4.69) is 15.4 Å². The van der Waals surface area contributed by atoms with Gasteiger partial charge < -0.3 is 10.1 Å². The predicted octanol–water partition coefficient (Wildman–Crippen LogP) is 2.98. The molecule has 0 unspecified atom stereocenters. The second kappa shape index (κ2) is 7.12. The van der Waals surface area contributed by atoms with E-state index in [1.165, 1.54) is 24.3 Å². The molecular formula is C18H17FN4O2. The van der Waals surface area contributed by atoms with Crippen molar-refractivity contribution >= 4 is 5.91 Å². The van der Waals surface area contributed by atoms with Crippen molar-refractivity contribution in [3.63, 3.8) is 0 Å². The summed E-state index contributed by atoms with van der Waals surface area (Å²) in [7, 11) is 1.73. The molecule has 0 aliphatic rings. The maximum Gasteiger partial charge on any atom is 0.269 e. The Morgan fingerprint density at radius 2 is 2.00 bits per heavy atom. The standard InChI is InChI=1S/C18H17FN4O2/c1-12-9-16(23(2)22-12)18(24)21-11-13-3-8-17(20-10-13)25-15-6-4-14(19)5-7-15/h3-10H,11H2,1-2H3,(H,21,24). The molecule has 0 aliphatic carbocycles. The zero-order chi connectivity index (χ0) is 17.8. The van der Waals surface area contributed by atoms with Crippen LogP contribution in [-0.2, 0) is 13.6 Å². The minimum atomic E-state index is -0.324. The van der Waals surface area contributed by atoms with Gasteiger partial charge in [-0.05, 0) is 42.8 Å². The quantitative estimate of drug-likeness (QED) is 0.775. The first-order valence-electron chi connectivity index (χ1n) is 7.68. The number of ether oxygens (including phenoxy) is 1. The number of pyridine rings is 1. The number of aryl methyl sites for hydroxylation is 2. The highest BCUT2D eigenvalue weighted by molar-refractivity contribution is 5.92. The van der Waals surface area contributed by atoms with Gasteiger partial charge in [0.15, 0.2) is 0 Å². The maximum atomic E-state index is 12.9. The molecule has 7 heteroatoms. The summed E-state index contributed by atoms with van der Waals surface area (Å²) in [4.78, 5) is 16.3. The molecule has 3 rings (SSSR count). The van der Waals surface area contributed by atoms with E-state index in [4.69, 9.17) is 4.74 Å². The molecule has 0 saturated heterocycles. The fraction of sp³-hybridized carbons (Fsp3) is 0.167. The number of hydrogen-bond acceptors (Lipinski definition) is 4. The summed E-state index contributed by atoms with van der Waals surface area (Å²) in [5, 5.41) is 6.97. The van der Waals surface area contributed by atoms with Crippen LogP contribution in [0.5, 0.6) is 11.6 Å². The van der Waals surface area contributed by atoms with Gasteiger partial charge >= 0.3 is 0 Å². The lowest BCUT2D eigenvalue weighted by atomic mass is 10.2. The van der Waals surface area contributed by atoms with Crippen LogP contribution in [0.1, 0.15) is 21.7 Å². The molecule has 0 radical (unpaired) electrons. The third-order valence-corrected chi connectivity index (χ3v) is 3.52. The van der Waals surface area contributed by atoms with Gasteiger partial charge in [-0.15, -0.1) is 0 Å². The molecule has 0 spiro atoms. The number of rotatable bonds is 5. The number of benzene rings is 1. The summed E-state index contributed by atoms with van der Waals surface area (Å²) < 4.78 is 19.9. The Bertz CT molecular complexity index is 873. The van der Waals surface area contributed by atoms with Gasteiger partial charge in [0.05, 0.1) is 5.69 Å². The predicted molar refractivity (Wildman–Crippen MR) is 89.8 cm³/mol. The average molecular weight is 340 g/mol. The van der Waals surface area contributed by atoms with Crippen molar-refractivity contribution in [1.29, 1.82) is 0 Å². The lowest BCUT2D eigenvalue weighted by Gasteiger charge is -2.07. The Hall–Kier alpha value is -3.22. The first kappa shape index (κ1) is 16.6. The molecular weight excluding hydrogens is 323 g/mol. The lowest BCUT2D eigenvalue weighted by molar-refractivity contribution is 0.0941. The zero-order valence-corrected chi connectivity index (χ0v) is 13.9. The maximum absolute atomic E-state index is 12.9. The van der Waals surface area contributed by atoms with Crippen molar-refractivity contribution in [3.05, 3.63) is 71.4 Å². The van der Waals surface area contributed by atoms with Gasteiger partial charge in [0.25, 0.3) is 5.91 Å². The number of halogens is 1. The van der Waals surface area contributed by atoms with Gasteiger partial charge in [0.1, 0.15) is 17.3 Å². The summed E-state index contributed by atoms with van der Waals surface area (Å²) >= 11 is 0. The lowest BCUT2D eigenvalue weighted by Crippen LogP contribution is -2.25. The largest absolute Gasteiger partial charge is 0.439 e. The van der Waals surface area contributed by atoms with Crippen LogP contribution in [0.15, 0.2) is 48.7 Å². The number of carbonyl (C=O) groups excluding carboxylic acids is 1. The highest BCUT2D eigenvalue weighted by Gasteiger charge is 2.11. The van der Waals surface area contributed by atoms with Gasteiger partial charge in [-0.1, -0.05) is 6.07 Å². The fourth-order valence-corrected chi connectivity index (χ4v) is 2.30. The summed E-state index contributed by atoms with van der Waals surface area (Å²) in [5.41, 5.74) is 2.12. The number of amides is 1. The van der Waals surface area contributed by atoms with Crippen LogP contribution >= 0.6 is 0 Å². The van der Waals surface area contributed by atoms with Crippen LogP contribution in [0.2, 0.25) is 0 Å². The molecule has 0 bridgehead atoms. The van der Waals surface area contributed by atoms with Crippen LogP contribution in [0.4, 0.5) is 4.39 Å². The third-order valence-electron chi connectivity index (χ3n) is 3.52. The van der Waals surface area contributed by atoms with E-state index in [-0.39, 0.29) is 11.7 Å². The SMILES string of the molecule is Cc1cc(C(=O)NCc2ccc(Oc3ccc(F)cc3)nc2)n(C)n1. The molecule has 2 heterocycles. The van der Waals surface area contributed by atoms with E-state index < -0.39 is 0 Å². The smallest absolute Gasteiger partial charge is 0.269 e. The van der Waals surface area contributed by atoms with Gasteiger partial charge in [-0.25, -0.2) is 9.37 Å². The number of aromatic nitrogens is 3. The fourth-order valence-electron chi connectivity index (χ4n) is 2.30. The first-order chi connectivity index (χ1) is 12.0. The van der Waals surface area contributed by atoms with E-state index in [9.17, 15) is 9.18 Å². The van der Waals surface area contributed by atoms with Gasteiger partial charge in [-0.3, -0.25) is 9.48 Å². The summed E-state index contributed by atoms with van der Waals surface area (Å²) in [6.07, 6.45) is 1.62. The number of nitrogens with one attached hydrogen (secondary N) is 1. The Labute approximate surface area is 144 Å². The highest BCUT2D eigenvalue weighted by atomic mass is 19.1. The molecule has 0 saturated carbocycles. The Kier molecular flexibility index (Phi) is 4.74. The van der Waals surface area contributed by atoms with Gasteiger partial charge in [0, 0.05) is 25.9 Å². The molecule has 0 aliphatic heterocycles. The number of carbonyl (C=O) groups is 1. The molecule has 0 fully saturated rings. The first-order valence-corrected chi connectivity index (χ1v) is 7.68. The van der Waals surface area contributed by atoms with Crippen molar-refractivity contribution in [2.24, 2.45) is 7.05 Å². The Morgan fingerprint density at radius 1 is 1.24 bits per heavy atom. The summed E-state index contributed by atoms with van der Waals surface area (Å²) in [6.45, 7) is 2.17. The molecule has 3 aromatic rings. The highest BCUT2D eigenvalue weighted by Crippen LogP contribution is 2.19. The molecule has 0 atom stereocenters.